The summed E-state index contributed by atoms with van der Waals surface area (Å²) in [5.41, 5.74) is 3.19. The molecule has 0 radical (unpaired) electrons. The highest BCUT2D eigenvalue weighted by molar-refractivity contribution is 7.15. The molecule has 1 N–H and O–H groups in total. The fraction of sp³-hybridized carbons (Fsp3) is 0.355. The van der Waals surface area contributed by atoms with Crippen molar-refractivity contribution in [1.29, 1.82) is 0 Å². The minimum atomic E-state index is -0.0446. The standard InChI is InChI=1S/C31H35N3OS/c35-30(33-31-32-28-18-10-5-3-1-2-4-6-11-19-29(28)36-31)23-34(26-16-8-7-9-17-26)27-21-20-24-14-12-13-15-25(24)22-27/h7-9,12-17,20-22H,1-6,10-11,18-19,23H2,(H,32,33,35). The third-order valence-electron chi connectivity index (χ3n) is 7.01. The smallest absolute Gasteiger partial charge is 0.246 e. The summed E-state index contributed by atoms with van der Waals surface area (Å²) in [7, 11) is 0. The Morgan fingerprint density at radius 1 is 0.750 bits per heavy atom. The predicted octanol–water partition coefficient (Wildman–Crippen LogP) is 8.29. The Morgan fingerprint density at radius 2 is 1.42 bits per heavy atom. The van der Waals surface area contributed by atoms with E-state index in [0.717, 1.165) is 34.7 Å². The molecule has 1 heterocycles. The van der Waals surface area contributed by atoms with Crippen molar-refractivity contribution >= 4 is 44.5 Å². The maximum Gasteiger partial charge on any atom is 0.246 e. The number of aromatic nitrogens is 1. The number of aryl methyl sites for hydroxylation is 2. The van der Waals surface area contributed by atoms with Gasteiger partial charge >= 0.3 is 0 Å². The molecule has 0 saturated heterocycles. The number of carbonyl (C=O) groups is 1. The summed E-state index contributed by atoms with van der Waals surface area (Å²) < 4.78 is 0. The summed E-state index contributed by atoms with van der Waals surface area (Å²) >= 11 is 1.67. The number of nitrogens with zero attached hydrogens (tertiary/aromatic N) is 2. The molecule has 0 bridgehead atoms. The Labute approximate surface area is 218 Å². The molecule has 0 aliphatic heterocycles. The van der Waals surface area contributed by atoms with Crippen LogP contribution in [0.5, 0.6) is 0 Å². The van der Waals surface area contributed by atoms with Gasteiger partial charge in [-0.05, 0) is 60.7 Å². The van der Waals surface area contributed by atoms with Crippen molar-refractivity contribution in [3.05, 3.63) is 83.4 Å². The molecule has 5 heteroatoms. The molecule has 0 atom stereocenters. The number of rotatable bonds is 5. The highest BCUT2D eigenvalue weighted by Crippen LogP contribution is 2.30. The number of anilines is 3. The van der Waals surface area contributed by atoms with Gasteiger partial charge in [0.15, 0.2) is 5.13 Å². The van der Waals surface area contributed by atoms with Crippen LogP contribution in [0.3, 0.4) is 0 Å². The Kier molecular flexibility index (Phi) is 8.29. The van der Waals surface area contributed by atoms with Gasteiger partial charge in [-0.3, -0.25) is 4.79 Å². The average Bonchev–Trinajstić information content (AvgIpc) is 3.28. The van der Waals surface area contributed by atoms with Crippen molar-refractivity contribution in [2.75, 3.05) is 16.8 Å². The van der Waals surface area contributed by atoms with Gasteiger partial charge in [0.1, 0.15) is 6.54 Å². The summed E-state index contributed by atoms with van der Waals surface area (Å²) in [5.74, 6) is -0.0446. The first kappa shape index (κ1) is 24.5. The number of carbonyl (C=O) groups excluding carboxylic acids is 1. The zero-order valence-electron chi connectivity index (χ0n) is 20.9. The Bertz CT molecular complexity index is 1250. The fourth-order valence-corrected chi connectivity index (χ4v) is 6.12. The molecule has 1 aromatic heterocycles. The van der Waals surface area contributed by atoms with E-state index in [9.17, 15) is 4.79 Å². The highest BCUT2D eigenvalue weighted by atomic mass is 32.1. The molecule has 1 amide bonds. The van der Waals surface area contributed by atoms with Crippen LogP contribution in [0.4, 0.5) is 16.5 Å². The lowest BCUT2D eigenvalue weighted by atomic mass is 10.0. The summed E-state index contributed by atoms with van der Waals surface area (Å²) in [6.45, 7) is 0.229. The van der Waals surface area contributed by atoms with Crippen molar-refractivity contribution in [3.63, 3.8) is 0 Å². The molecular formula is C31H35N3OS. The van der Waals surface area contributed by atoms with E-state index in [1.165, 1.54) is 67.3 Å². The van der Waals surface area contributed by atoms with E-state index in [4.69, 9.17) is 4.98 Å². The monoisotopic (exact) mass is 497 g/mol. The third kappa shape index (κ3) is 6.33. The van der Waals surface area contributed by atoms with Gasteiger partial charge in [0.25, 0.3) is 0 Å². The van der Waals surface area contributed by atoms with E-state index < -0.39 is 0 Å². The predicted molar refractivity (Wildman–Crippen MR) is 152 cm³/mol. The number of hydrogen-bond donors (Lipinski definition) is 1. The minimum absolute atomic E-state index is 0.0446. The number of thiazole rings is 1. The minimum Gasteiger partial charge on any atom is -0.332 e. The van der Waals surface area contributed by atoms with Crippen LogP contribution in [0, 0.1) is 0 Å². The SMILES string of the molecule is O=C(CN(c1ccccc1)c1ccc2ccccc2c1)Nc1nc2c(s1)CCCCCCCCCC2. The molecule has 4 nitrogen and oxygen atoms in total. The van der Waals surface area contributed by atoms with Crippen molar-refractivity contribution in [2.45, 2.75) is 64.2 Å². The van der Waals surface area contributed by atoms with E-state index in [2.05, 4.69) is 58.7 Å². The van der Waals surface area contributed by atoms with Gasteiger partial charge in [0, 0.05) is 16.3 Å². The first-order valence-corrected chi connectivity index (χ1v) is 14.2. The topological polar surface area (TPSA) is 45.2 Å². The van der Waals surface area contributed by atoms with E-state index in [0.29, 0.717) is 0 Å². The van der Waals surface area contributed by atoms with Crippen LogP contribution in [-0.2, 0) is 17.6 Å². The zero-order chi connectivity index (χ0) is 24.6. The second-order valence-corrected chi connectivity index (χ2v) is 10.8. The zero-order valence-corrected chi connectivity index (χ0v) is 21.7. The summed E-state index contributed by atoms with van der Waals surface area (Å²) in [5, 5.41) is 6.23. The van der Waals surface area contributed by atoms with Crippen LogP contribution in [0.15, 0.2) is 72.8 Å². The molecule has 1 aliphatic rings. The van der Waals surface area contributed by atoms with E-state index >= 15 is 0 Å². The average molecular weight is 498 g/mol. The van der Waals surface area contributed by atoms with Gasteiger partial charge in [-0.1, -0.05) is 87.1 Å². The van der Waals surface area contributed by atoms with Gasteiger partial charge in [-0.2, -0.15) is 0 Å². The highest BCUT2D eigenvalue weighted by Gasteiger charge is 2.18. The van der Waals surface area contributed by atoms with E-state index in [-0.39, 0.29) is 12.5 Å². The fourth-order valence-electron chi connectivity index (χ4n) is 5.05. The lowest BCUT2D eigenvalue weighted by molar-refractivity contribution is -0.114. The second-order valence-electron chi connectivity index (χ2n) is 9.72. The van der Waals surface area contributed by atoms with Crippen molar-refractivity contribution in [2.24, 2.45) is 0 Å². The quantitative estimate of drug-likeness (QED) is 0.302. The number of amides is 1. The molecule has 0 fully saturated rings. The number of nitrogens with one attached hydrogen (secondary N) is 1. The van der Waals surface area contributed by atoms with Gasteiger partial charge in [-0.15, -0.1) is 11.3 Å². The number of hydrogen-bond acceptors (Lipinski definition) is 4. The molecule has 1 aliphatic carbocycles. The van der Waals surface area contributed by atoms with Gasteiger partial charge < -0.3 is 10.2 Å². The maximum atomic E-state index is 13.3. The lowest BCUT2D eigenvalue weighted by Crippen LogP contribution is -2.29. The van der Waals surface area contributed by atoms with Crippen molar-refractivity contribution in [3.8, 4) is 0 Å². The summed E-state index contributed by atoms with van der Waals surface area (Å²) in [6.07, 6.45) is 12.5. The van der Waals surface area contributed by atoms with Gasteiger partial charge in [0.05, 0.1) is 5.69 Å². The van der Waals surface area contributed by atoms with Crippen LogP contribution in [0.25, 0.3) is 10.8 Å². The molecule has 36 heavy (non-hydrogen) atoms. The van der Waals surface area contributed by atoms with Crippen LogP contribution in [-0.4, -0.2) is 17.4 Å². The first-order chi connectivity index (χ1) is 17.8. The number of benzene rings is 3. The van der Waals surface area contributed by atoms with Crippen LogP contribution in [0.2, 0.25) is 0 Å². The molecule has 0 spiro atoms. The Morgan fingerprint density at radius 3 is 2.19 bits per heavy atom. The molecule has 5 rings (SSSR count). The summed E-state index contributed by atoms with van der Waals surface area (Å²) in [6, 6.07) is 24.8. The van der Waals surface area contributed by atoms with E-state index in [1.807, 2.05) is 24.3 Å². The first-order valence-electron chi connectivity index (χ1n) is 13.4. The lowest BCUT2D eigenvalue weighted by Gasteiger charge is -2.24. The molecule has 3 aromatic carbocycles. The molecular weight excluding hydrogens is 462 g/mol. The molecule has 0 unspecified atom stereocenters. The maximum absolute atomic E-state index is 13.3. The summed E-state index contributed by atoms with van der Waals surface area (Å²) in [4.78, 5) is 21.6. The Balaban J connectivity index is 1.34. The second kappa shape index (κ2) is 12.2. The Hall–Kier alpha value is -3.18. The molecule has 186 valence electrons. The molecule has 0 saturated carbocycles. The van der Waals surface area contributed by atoms with Gasteiger partial charge in [-0.25, -0.2) is 4.98 Å². The normalized spacial score (nSPS) is 14.9. The molecule has 4 aromatic rings. The number of para-hydroxylation sites is 1. The van der Waals surface area contributed by atoms with E-state index in [1.54, 1.807) is 11.3 Å². The number of fused-ring (bicyclic) bond motifs is 2. The van der Waals surface area contributed by atoms with Crippen LogP contribution in [0.1, 0.15) is 61.9 Å². The van der Waals surface area contributed by atoms with Crippen molar-refractivity contribution < 1.29 is 4.79 Å². The van der Waals surface area contributed by atoms with Crippen LogP contribution < -0.4 is 10.2 Å². The van der Waals surface area contributed by atoms with Crippen molar-refractivity contribution in [1.82, 2.24) is 4.98 Å². The van der Waals surface area contributed by atoms with Crippen LogP contribution >= 0.6 is 11.3 Å². The van der Waals surface area contributed by atoms with Gasteiger partial charge in [0.2, 0.25) is 5.91 Å². The largest absolute Gasteiger partial charge is 0.332 e. The third-order valence-corrected chi connectivity index (χ3v) is 8.08.